The Hall–Kier alpha value is -1.72. The maximum Gasteiger partial charge on any atom is 0.163 e. The number of anilines is 1. The molecule has 2 atom stereocenters. The topological polar surface area (TPSA) is 77.8 Å². The van der Waals surface area contributed by atoms with Crippen molar-refractivity contribution in [2.24, 2.45) is 0 Å². The summed E-state index contributed by atoms with van der Waals surface area (Å²) in [5, 5.41) is 19.7. The van der Waals surface area contributed by atoms with Gasteiger partial charge in [0.1, 0.15) is 12.2 Å². The first kappa shape index (κ1) is 22.3. The van der Waals surface area contributed by atoms with Gasteiger partial charge in [-0.2, -0.15) is 0 Å². The Bertz CT molecular complexity index is 545. The van der Waals surface area contributed by atoms with Crippen LogP contribution >= 0.6 is 0 Å². The van der Waals surface area contributed by atoms with Crippen LogP contribution in [0.2, 0.25) is 0 Å². The van der Waals surface area contributed by atoms with E-state index in [1.165, 1.54) is 0 Å². The number of aliphatic hydroxyl groups excluding tert-OH is 2. The highest BCUT2D eigenvalue weighted by Crippen LogP contribution is 2.18. The summed E-state index contributed by atoms with van der Waals surface area (Å²) >= 11 is 0. The molecule has 0 aliphatic carbocycles. The van der Waals surface area contributed by atoms with E-state index in [-0.39, 0.29) is 24.4 Å². The maximum absolute atomic E-state index is 12.1. The van der Waals surface area contributed by atoms with Gasteiger partial charge < -0.3 is 15.1 Å². The second kappa shape index (κ2) is 11.8. The average Bonchev–Trinajstić information content (AvgIpc) is 2.61. The zero-order valence-electron chi connectivity index (χ0n) is 16.3. The molecule has 146 valence electrons. The summed E-state index contributed by atoms with van der Waals surface area (Å²) < 4.78 is 0. The number of carbonyl (C=O) groups is 2. The predicted octanol–water partition coefficient (Wildman–Crippen LogP) is 3.04. The minimum atomic E-state index is -0.910. The van der Waals surface area contributed by atoms with Gasteiger partial charge in [0, 0.05) is 31.6 Å². The molecule has 0 radical (unpaired) electrons. The van der Waals surface area contributed by atoms with Crippen molar-refractivity contribution in [1.82, 2.24) is 0 Å². The summed E-state index contributed by atoms with van der Waals surface area (Å²) in [7, 11) is 0. The Balaban J connectivity index is 2.74. The number of carbonyl (C=O) groups excluding carboxylic acids is 2. The summed E-state index contributed by atoms with van der Waals surface area (Å²) in [4.78, 5) is 26.2. The second-order valence-electron chi connectivity index (χ2n) is 6.87. The van der Waals surface area contributed by atoms with Crippen LogP contribution in [0.4, 0.5) is 5.69 Å². The lowest BCUT2D eigenvalue weighted by Crippen LogP contribution is -2.33. The SMILES string of the molecule is CCCC(O)C(=O)CCN(CCC(=O)C(O)CCC)c1cccc(C)c1. The molecule has 0 aromatic heterocycles. The van der Waals surface area contributed by atoms with Gasteiger partial charge in [0.05, 0.1) is 0 Å². The molecule has 26 heavy (non-hydrogen) atoms. The fourth-order valence-corrected chi connectivity index (χ4v) is 2.89. The molecule has 0 fully saturated rings. The number of hydrogen-bond acceptors (Lipinski definition) is 5. The van der Waals surface area contributed by atoms with Crippen LogP contribution in [0.5, 0.6) is 0 Å². The fourth-order valence-electron chi connectivity index (χ4n) is 2.89. The lowest BCUT2D eigenvalue weighted by molar-refractivity contribution is -0.127. The molecular formula is C21H33NO4. The highest BCUT2D eigenvalue weighted by atomic mass is 16.3. The van der Waals surface area contributed by atoms with Crippen LogP contribution in [-0.2, 0) is 9.59 Å². The van der Waals surface area contributed by atoms with Crippen molar-refractivity contribution in [2.45, 2.75) is 71.5 Å². The minimum Gasteiger partial charge on any atom is -0.385 e. The molecule has 5 nitrogen and oxygen atoms in total. The quantitative estimate of drug-likeness (QED) is 0.563. The maximum atomic E-state index is 12.1. The van der Waals surface area contributed by atoms with Gasteiger partial charge in [-0.3, -0.25) is 9.59 Å². The average molecular weight is 363 g/mol. The Morgan fingerprint density at radius 2 is 1.46 bits per heavy atom. The Kier molecular flexibility index (Phi) is 10.1. The van der Waals surface area contributed by atoms with Crippen LogP contribution < -0.4 is 4.90 Å². The largest absolute Gasteiger partial charge is 0.385 e. The van der Waals surface area contributed by atoms with Gasteiger partial charge in [-0.25, -0.2) is 0 Å². The van der Waals surface area contributed by atoms with Crippen molar-refractivity contribution in [1.29, 1.82) is 0 Å². The normalized spacial score (nSPS) is 13.3. The molecule has 0 aliphatic rings. The highest BCUT2D eigenvalue weighted by Gasteiger charge is 2.18. The summed E-state index contributed by atoms with van der Waals surface area (Å²) in [5.41, 5.74) is 2.04. The van der Waals surface area contributed by atoms with Gasteiger partial charge >= 0.3 is 0 Å². The molecule has 1 aromatic carbocycles. The Morgan fingerprint density at radius 1 is 0.962 bits per heavy atom. The molecular weight excluding hydrogens is 330 g/mol. The van der Waals surface area contributed by atoms with Gasteiger partial charge in [0.15, 0.2) is 11.6 Å². The molecule has 0 heterocycles. The minimum absolute atomic E-state index is 0.165. The van der Waals surface area contributed by atoms with E-state index < -0.39 is 12.2 Å². The van der Waals surface area contributed by atoms with Gasteiger partial charge in [-0.1, -0.05) is 38.8 Å². The summed E-state index contributed by atoms with van der Waals surface area (Å²) in [6.45, 7) is 6.75. The molecule has 0 spiro atoms. The molecule has 2 N–H and O–H groups in total. The van der Waals surface area contributed by atoms with Crippen LogP contribution in [0.3, 0.4) is 0 Å². The zero-order chi connectivity index (χ0) is 19.5. The lowest BCUT2D eigenvalue weighted by atomic mass is 10.1. The van der Waals surface area contributed by atoms with E-state index in [1.54, 1.807) is 0 Å². The van der Waals surface area contributed by atoms with E-state index >= 15 is 0 Å². The van der Waals surface area contributed by atoms with Gasteiger partial charge in [-0.05, 0) is 37.5 Å². The van der Waals surface area contributed by atoms with Gasteiger partial charge in [0.25, 0.3) is 0 Å². The summed E-state index contributed by atoms with van der Waals surface area (Å²) in [5.74, 6) is -0.330. The lowest BCUT2D eigenvalue weighted by Gasteiger charge is -2.25. The first-order chi connectivity index (χ1) is 12.4. The van der Waals surface area contributed by atoms with Crippen LogP contribution in [0.15, 0.2) is 24.3 Å². The summed E-state index contributed by atoms with van der Waals surface area (Å²) in [6, 6.07) is 7.90. The van der Waals surface area contributed by atoms with Crippen molar-refractivity contribution < 1.29 is 19.8 Å². The Morgan fingerprint density at radius 3 is 1.88 bits per heavy atom. The second-order valence-corrected chi connectivity index (χ2v) is 6.87. The molecule has 2 unspecified atom stereocenters. The number of aryl methyl sites for hydroxylation is 1. The molecule has 1 rings (SSSR count). The van der Waals surface area contributed by atoms with Crippen LogP contribution in [0.1, 0.15) is 57.9 Å². The summed E-state index contributed by atoms with van der Waals surface area (Å²) in [6.07, 6.45) is 1.13. The third kappa shape index (κ3) is 7.67. The van der Waals surface area contributed by atoms with Crippen molar-refractivity contribution >= 4 is 17.3 Å². The van der Waals surface area contributed by atoms with Crippen molar-refractivity contribution in [3.05, 3.63) is 29.8 Å². The van der Waals surface area contributed by atoms with Crippen LogP contribution in [-0.4, -0.2) is 47.1 Å². The highest BCUT2D eigenvalue weighted by molar-refractivity contribution is 5.84. The van der Waals surface area contributed by atoms with Crippen molar-refractivity contribution in [3.8, 4) is 0 Å². The number of benzene rings is 1. The van der Waals surface area contributed by atoms with E-state index in [9.17, 15) is 19.8 Å². The predicted molar refractivity (Wildman–Crippen MR) is 104 cm³/mol. The number of rotatable bonds is 13. The molecule has 0 saturated heterocycles. The van der Waals surface area contributed by atoms with Gasteiger partial charge in [0.2, 0.25) is 0 Å². The monoisotopic (exact) mass is 363 g/mol. The smallest absolute Gasteiger partial charge is 0.163 e. The standard InChI is InChI=1S/C21H33NO4/c1-4-7-18(23)20(25)11-13-22(17-10-6-9-16(3)15-17)14-12-21(26)19(24)8-5-2/h6,9-10,15,18-19,23-24H,4-5,7-8,11-14H2,1-3H3. The third-order valence-electron chi connectivity index (χ3n) is 4.49. The number of aliphatic hydroxyl groups is 2. The van der Waals surface area contributed by atoms with Crippen molar-refractivity contribution in [2.75, 3.05) is 18.0 Å². The van der Waals surface area contributed by atoms with E-state index in [0.29, 0.717) is 25.9 Å². The Labute approximate surface area is 157 Å². The number of Topliss-reactive ketones (excluding diaryl/α,β-unsaturated/α-hetero) is 2. The van der Waals surface area contributed by atoms with Crippen molar-refractivity contribution in [3.63, 3.8) is 0 Å². The molecule has 0 bridgehead atoms. The number of nitrogens with zero attached hydrogens (tertiary/aromatic N) is 1. The zero-order valence-corrected chi connectivity index (χ0v) is 16.3. The first-order valence-corrected chi connectivity index (χ1v) is 9.62. The first-order valence-electron chi connectivity index (χ1n) is 9.62. The van der Waals surface area contributed by atoms with E-state index in [1.807, 2.05) is 49.9 Å². The van der Waals surface area contributed by atoms with Crippen LogP contribution in [0.25, 0.3) is 0 Å². The van der Waals surface area contributed by atoms with E-state index in [4.69, 9.17) is 0 Å². The van der Waals surface area contributed by atoms with Gasteiger partial charge in [-0.15, -0.1) is 0 Å². The molecule has 5 heteroatoms. The fraction of sp³-hybridized carbons (Fsp3) is 0.619. The van der Waals surface area contributed by atoms with E-state index in [0.717, 1.165) is 24.1 Å². The number of ketones is 2. The van der Waals surface area contributed by atoms with Crippen LogP contribution in [0, 0.1) is 6.92 Å². The number of hydrogen-bond donors (Lipinski definition) is 2. The molecule has 1 aromatic rings. The molecule has 0 amide bonds. The third-order valence-corrected chi connectivity index (χ3v) is 4.49. The van der Waals surface area contributed by atoms with E-state index in [2.05, 4.69) is 0 Å². The molecule has 0 saturated carbocycles. The molecule has 0 aliphatic heterocycles.